The highest BCUT2D eigenvalue weighted by Gasteiger charge is 2.22. The lowest BCUT2D eigenvalue weighted by Crippen LogP contribution is -2.16. The van der Waals surface area contributed by atoms with Gasteiger partial charge in [-0.3, -0.25) is 9.48 Å². The minimum Gasteiger partial charge on any atom is -0.489 e. The van der Waals surface area contributed by atoms with Crippen LogP contribution in [0.4, 0.5) is 5.82 Å². The molecule has 0 aliphatic heterocycles. The van der Waals surface area contributed by atoms with Crippen molar-refractivity contribution in [2.45, 2.75) is 33.9 Å². The van der Waals surface area contributed by atoms with Crippen LogP contribution in [0.5, 0.6) is 5.75 Å². The van der Waals surface area contributed by atoms with Gasteiger partial charge in [-0.15, -0.1) is 0 Å². The first-order valence-corrected chi connectivity index (χ1v) is 11.0. The number of rotatable bonds is 7. The Morgan fingerprint density at radius 2 is 1.82 bits per heavy atom. The predicted molar refractivity (Wildman–Crippen MR) is 127 cm³/mol. The van der Waals surface area contributed by atoms with Gasteiger partial charge in [0.15, 0.2) is 11.5 Å². The Bertz CT molecular complexity index is 1290. The summed E-state index contributed by atoms with van der Waals surface area (Å²) in [6, 6.07) is 13.4. The van der Waals surface area contributed by atoms with E-state index in [-0.39, 0.29) is 18.1 Å². The highest BCUT2D eigenvalue weighted by molar-refractivity contribution is 6.33. The van der Waals surface area contributed by atoms with Crippen LogP contribution < -0.4 is 10.1 Å². The number of halogens is 2. The van der Waals surface area contributed by atoms with Gasteiger partial charge in [-0.05, 0) is 55.7 Å². The highest BCUT2D eigenvalue weighted by Crippen LogP contribution is 2.24. The van der Waals surface area contributed by atoms with Crippen LogP contribution in [0.3, 0.4) is 0 Å². The van der Waals surface area contributed by atoms with E-state index >= 15 is 0 Å². The zero-order chi connectivity index (χ0) is 23.5. The monoisotopic (exact) mass is 484 g/mol. The summed E-state index contributed by atoms with van der Waals surface area (Å²) in [4.78, 5) is 12.9. The molecule has 170 valence electrons. The Morgan fingerprint density at radius 1 is 1.09 bits per heavy atom. The van der Waals surface area contributed by atoms with Crippen molar-refractivity contribution in [1.82, 2.24) is 14.9 Å². The zero-order valence-electron chi connectivity index (χ0n) is 18.4. The van der Waals surface area contributed by atoms with E-state index in [0.29, 0.717) is 33.7 Å². The first-order valence-electron chi connectivity index (χ1n) is 10.2. The first-order chi connectivity index (χ1) is 15.8. The summed E-state index contributed by atoms with van der Waals surface area (Å²) in [6.45, 7) is 6.27. The number of carbonyl (C=O) groups is 1. The number of benzene rings is 2. The number of nitrogens with zero attached hydrogens (tertiary/aromatic N) is 3. The molecule has 0 unspecified atom stereocenters. The molecule has 0 aliphatic rings. The Hall–Kier alpha value is -3.29. The van der Waals surface area contributed by atoms with Gasteiger partial charge < -0.3 is 14.6 Å². The Balaban J connectivity index is 1.48. The summed E-state index contributed by atoms with van der Waals surface area (Å²) in [6.07, 6.45) is 1.62. The average molecular weight is 485 g/mol. The lowest BCUT2D eigenvalue weighted by Gasteiger charge is -2.09. The lowest BCUT2D eigenvalue weighted by molar-refractivity contribution is 0.101. The number of hydrogen-bond donors (Lipinski definition) is 1. The largest absolute Gasteiger partial charge is 0.489 e. The third kappa shape index (κ3) is 5.38. The van der Waals surface area contributed by atoms with Gasteiger partial charge in [-0.2, -0.15) is 5.10 Å². The smallest absolute Gasteiger partial charge is 0.279 e. The van der Waals surface area contributed by atoms with Gasteiger partial charge in [0.2, 0.25) is 0 Å². The molecule has 4 rings (SSSR count). The average Bonchev–Trinajstić information content (AvgIpc) is 3.29. The molecular weight excluding hydrogens is 463 g/mol. The van der Waals surface area contributed by atoms with Gasteiger partial charge in [-0.1, -0.05) is 52.6 Å². The van der Waals surface area contributed by atoms with E-state index < -0.39 is 5.91 Å². The van der Waals surface area contributed by atoms with Crippen LogP contribution in [0.15, 0.2) is 53.2 Å². The van der Waals surface area contributed by atoms with Crippen molar-refractivity contribution in [3.8, 4) is 5.75 Å². The van der Waals surface area contributed by atoms with Gasteiger partial charge in [0, 0.05) is 11.2 Å². The van der Waals surface area contributed by atoms with Crippen molar-refractivity contribution < 1.29 is 14.1 Å². The molecule has 9 heteroatoms. The predicted octanol–water partition coefficient (Wildman–Crippen LogP) is 5.98. The van der Waals surface area contributed by atoms with Crippen molar-refractivity contribution in [2.24, 2.45) is 0 Å². The number of nitrogens with one attached hydrogen (secondary N) is 1. The van der Waals surface area contributed by atoms with Crippen LogP contribution in [0.2, 0.25) is 10.0 Å². The standard InChI is InChI=1S/C24H22Cl2N4O3/c1-14-8-15(2)10-18(9-14)32-13-19-16(3)33-29-22(19)24(31)27-23-21(26)12-30(28-23)11-17-6-4-5-7-20(17)25/h4-10,12H,11,13H2,1-3H3,(H,27,28,31). The molecule has 0 atom stereocenters. The molecule has 0 bridgehead atoms. The molecule has 0 fully saturated rings. The van der Waals surface area contributed by atoms with Gasteiger partial charge >= 0.3 is 0 Å². The van der Waals surface area contributed by atoms with E-state index in [2.05, 4.69) is 21.6 Å². The SMILES string of the molecule is Cc1cc(C)cc(OCc2c(C(=O)Nc3nn(Cc4ccccc4Cl)cc3Cl)noc2C)c1. The van der Waals surface area contributed by atoms with Crippen LogP contribution in [-0.4, -0.2) is 20.8 Å². The Labute approximate surface area is 201 Å². The van der Waals surface area contributed by atoms with Crippen LogP contribution in [0.25, 0.3) is 0 Å². The van der Waals surface area contributed by atoms with E-state index in [1.807, 2.05) is 44.2 Å². The molecule has 0 saturated carbocycles. The van der Waals surface area contributed by atoms with Crippen LogP contribution >= 0.6 is 23.2 Å². The summed E-state index contributed by atoms with van der Waals surface area (Å²) < 4.78 is 12.8. The Morgan fingerprint density at radius 3 is 2.55 bits per heavy atom. The van der Waals surface area contributed by atoms with E-state index in [0.717, 1.165) is 16.7 Å². The molecule has 1 N–H and O–H groups in total. The molecule has 0 saturated heterocycles. The van der Waals surface area contributed by atoms with Crippen LogP contribution in [0.1, 0.15) is 38.5 Å². The molecule has 2 aromatic carbocycles. The second-order valence-corrected chi connectivity index (χ2v) is 8.56. The maximum absolute atomic E-state index is 12.9. The van der Waals surface area contributed by atoms with Gasteiger partial charge in [0.05, 0.1) is 12.1 Å². The zero-order valence-corrected chi connectivity index (χ0v) is 19.9. The summed E-state index contributed by atoms with van der Waals surface area (Å²) in [5.41, 5.74) is 3.74. The third-order valence-corrected chi connectivity index (χ3v) is 5.66. The molecule has 0 radical (unpaired) electrons. The van der Waals surface area contributed by atoms with Gasteiger partial charge in [0.1, 0.15) is 23.1 Å². The second-order valence-electron chi connectivity index (χ2n) is 7.75. The van der Waals surface area contributed by atoms with Crippen molar-refractivity contribution in [1.29, 1.82) is 0 Å². The fourth-order valence-electron chi connectivity index (χ4n) is 3.44. The minimum atomic E-state index is -0.490. The molecule has 0 spiro atoms. The number of anilines is 1. The summed E-state index contributed by atoms with van der Waals surface area (Å²) in [7, 11) is 0. The van der Waals surface area contributed by atoms with Crippen molar-refractivity contribution in [2.75, 3.05) is 5.32 Å². The fraction of sp³-hybridized carbons (Fsp3) is 0.208. The second kappa shape index (κ2) is 9.68. The number of carbonyl (C=O) groups excluding carboxylic acids is 1. The lowest BCUT2D eigenvalue weighted by atomic mass is 10.1. The highest BCUT2D eigenvalue weighted by atomic mass is 35.5. The van der Waals surface area contributed by atoms with Gasteiger partial charge in [-0.25, -0.2) is 0 Å². The number of ether oxygens (including phenoxy) is 1. The quantitative estimate of drug-likeness (QED) is 0.348. The summed E-state index contributed by atoms with van der Waals surface area (Å²) in [5, 5.41) is 11.9. The molecule has 0 aliphatic carbocycles. The Kier molecular flexibility index (Phi) is 6.72. The van der Waals surface area contributed by atoms with E-state index in [1.165, 1.54) is 0 Å². The van der Waals surface area contributed by atoms with E-state index in [4.69, 9.17) is 32.5 Å². The van der Waals surface area contributed by atoms with E-state index in [1.54, 1.807) is 23.9 Å². The molecule has 2 heterocycles. The van der Waals surface area contributed by atoms with Crippen LogP contribution in [-0.2, 0) is 13.2 Å². The topological polar surface area (TPSA) is 82.2 Å². The molecular formula is C24H22Cl2N4O3. The molecule has 33 heavy (non-hydrogen) atoms. The maximum Gasteiger partial charge on any atom is 0.279 e. The molecule has 1 amide bonds. The number of aryl methyl sites for hydroxylation is 3. The minimum absolute atomic E-state index is 0.119. The molecule has 2 aromatic heterocycles. The molecule has 4 aromatic rings. The van der Waals surface area contributed by atoms with Crippen molar-refractivity contribution >= 4 is 34.9 Å². The number of amides is 1. The van der Waals surface area contributed by atoms with Gasteiger partial charge in [0.25, 0.3) is 5.91 Å². The molecule has 7 nitrogen and oxygen atoms in total. The van der Waals surface area contributed by atoms with E-state index in [9.17, 15) is 4.79 Å². The normalized spacial score (nSPS) is 10.9. The number of aromatic nitrogens is 3. The fourth-order valence-corrected chi connectivity index (χ4v) is 3.84. The van der Waals surface area contributed by atoms with Crippen LogP contribution in [0, 0.1) is 20.8 Å². The summed E-state index contributed by atoms with van der Waals surface area (Å²) >= 11 is 12.5. The maximum atomic E-state index is 12.9. The third-order valence-electron chi connectivity index (χ3n) is 5.02. The first kappa shape index (κ1) is 22.9. The van der Waals surface area contributed by atoms with Crippen molar-refractivity contribution in [3.05, 3.63) is 92.4 Å². The van der Waals surface area contributed by atoms with Crippen molar-refractivity contribution in [3.63, 3.8) is 0 Å². The summed E-state index contributed by atoms with van der Waals surface area (Å²) in [5.74, 6) is 0.937. The number of hydrogen-bond acceptors (Lipinski definition) is 5.